The second kappa shape index (κ2) is 8.52. The Kier molecular flexibility index (Phi) is 7.27. The van der Waals surface area contributed by atoms with E-state index >= 15 is 0 Å². The Morgan fingerprint density at radius 2 is 2.08 bits per heavy atom. The molecule has 1 unspecified atom stereocenters. The Hall–Kier alpha value is -1.55. The van der Waals surface area contributed by atoms with Gasteiger partial charge >= 0.3 is 0 Å². The number of nitrogens with one attached hydrogen (secondary N) is 1. The molecule has 0 fully saturated rings. The third kappa shape index (κ3) is 5.82. The van der Waals surface area contributed by atoms with Crippen LogP contribution < -0.4 is 11.1 Å². The molecular formula is C14H17ClFN3O3S2. The minimum atomic E-state index is -3.18. The normalized spacial score (nSPS) is 12.3. The van der Waals surface area contributed by atoms with Gasteiger partial charge in [-0.3, -0.25) is 4.79 Å². The molecule has 10 heteroatoms. The summed E-state index contributed by atoms with van der Waals surface area (Å²) in [6, 6.07) is 5.23. The summed E-state index contributed by atoms with van der Waals surface area (Å²) in [5, 5.41) is 4.42. The molecule has 0 bridgehead atoms. The third-order valence-electron chi connectivity index (χ3n) is 3.02. The van der Waals surface area contributed by atoms with Gasteiger partial charge in [-0.15, -0.1) is 23.7 Å². The predicted octanol–water partition coefficient (Wildman–Crippen LogP) is 2.07. The summed E-state index contributed by atoms with van der Waals surface area (Å²) in [5.74, 6) is -1.09. The van der Waals surface area contributed by atoms with E-state index < -0.39 is 27.6 Å². The van der Waals surface area contributed by atoms with Crippen molar-refractivity contribution in [2.75, 3.05) is 17.3 Å². The molecular weight excluding hydrogens is 377 g/mol. The highest BCUT2D eigenvalue weighted by molar-refractivity contribution is 7.90. The fraction of sp³-hybridized carbons (Fsp3) is 0.286. The van der Waals surface area contributed by atoms with Crippen LogP contribution in [0.15, 0.2) is 29.6 Å². The molecule has 0 spiro atoms. The standard InChI is InChI=1S/C14H16FN3O3S2.ClH/c1-23(20,21)7-6-11(16)13(19)18-14-17-12(8-22-14)9-4-2-3-5-10(9)15;/h2-5,8,11H,6-7,16H2,1H3,(H,17,18,19);1H. The highest BCUT2D eigenvalue weighted by atomic mass is 35.5. The Labute approximate surface area is 149 Å². The number of hydrogen-bond acceptors (Lipinski definition) is 6. The lowest BCUT2D eigenvalue weighted by Gasteiger charge is -2.09. The van der Waals surface area contributed by atoms with Gasteiger partial charge in [0.1, 0.15) is 15.7 Å². The average molecular weight is 394 g/mol. The molecule has 0 saturated heterocycles. The number of amides is 1. The number of hydrogen-bond donors (Lipinski definition) is 2. The number of benzene rings is 1. The third-order valence-corrected chi connectivity index (χ3v) is 4.76. The molecule has 1 heterocycles. The number of sulfone groups is 1. The van der Waals surface area contributed by atoms with Crippen molar-refractivity contribution < 1.29 is 17.6 Å². The van der Waals surface area contributed by atoms with Crippen LogP contribution in [0.1, 0.15) is 6.42 Å². The van der Waals surface area contributed by atoms with Gasteiger partial charge in [0, 0.05) is 17.2 Å². The van der Waals surface area contributed by atoms with E-state index in [1.54, 1.807) is 23.6 Å². The molecule has 1 aromatic carbocycles. The van der Waals surface area contributed by atoms with Crippen LogP contribution in [-0.2, 0) is 14.6 Å². The first-order valence-electron chi connectivity index (χ1n) is 6.71. The van der Waals surface area contributed by atoms with E-state index in [1.165, 1.54) is 6.07 Å². The minimum Gasteiger partial charge on any atom is -0.320 e. The van der Waals surface area contributed by atoms with Crippen LogP contribution in [0.2, 0.25) is 0 Å². The van der Waals surface area contributed by atoms with Crippen molar-refractivity contribution in [2.24, 2.45) is 5.73 Å². The molecule has 0 saturated carbocycles. The number of nitrogens with zero attached hydrogens (tertiary/aromatic N) is 1. The van der Waals surface area contributed by atoms with Gasteiger partial charge < -0.3 is 11.1 Å². The SMILES string of the molecule is CS(=O)(=O)CCC(N)C(=O)Nc1nc(-c2ccccc2F)cs1.Cl. The number of aromatic nitrogens is 1. The second-order valence-corrected chi connectivity index (χ2v) is 8.15. The monoisotopic (exact) mass is 393 g/mol. The molecule has 0 radical (unpaired) electrons. The molecule has 24 heavy (non-hydrogen) atoms. The molecule has 2 rings (SSSR count). The molecule has 0 aliphatic heterocycles. The maximum Gasteiger partial charge on any atom is 0.243 e. The highest BCUT2D eigenvalue weighted by Gasteiger charge is 2.18. The number of carbonyl (C=O) groups is 1. The molecule has 1 atom stereocenters. The molecule has 2 aromatic rings. The summed E-state index contributed by atoms with van der Waals surface area (Å²) in [6.07, 6.45) is 1.11. The van der Waals surface area contributed by atoms with Gasteiger partial charge in [0.05, 0.1) is 17.5 Å². The zero-order valence-electron chi connectivity index (χ0n) is 12.7. The number of carbonyl (C=O) groups excluding carboxylic acids is 1. The van der Waals surface area contributed by atoms with E-state index in [2.05, 4.69) is 10.3 Å². The van der Waals surface area contributed by atoms with Gasteiger partial charge in [-0.25, -0.2) is 17.8 Å². The molecule has 1 amide bonds. The smallest absolute Gasteiger partial charge is 0.243 e. The zero-order valence-corrected chi connectivity index (χ0v) is 15.2. The van der Waals surface area contributed by atoms with E-state index in [-0.39, 0.29) is 29.7 Å². The van der Waals surface area contributed by atoms with Crippen LogP contribution in [0.5, 0.6) is 0 Å². The Morgan fingerprint density at radius 1 is 1.42 bits per heavy atom. The Balaban J connectivity index is 0.00000288. The van der Waals surface area contributed by atoms with E-state index in [1.807, 2.05) is 0 Å². The van der Waals surface area contributed by atoms with Gasteiger partial charge in [0.15, 0.2) is 5.13 Å². The van der Waals surface area contributed by atoms with Gasteiger partial charge in [-0.05, 0) is 18.6 Å². The van der Waals surface area contributed by atoms with Crippen LogP contribution in [-0.4, -0.2) is 37.4 Å². The van der Waals surface area contributed by atoms with Crippen molar-refractivity contribution in [3.8, 4) is 11.3 Å². The maximum absolute atomic E-state index is 13.7. The topological polar surface area (TPSA) is 102 Å². The highest BCUT2D eigenvalue weighted by Crippen LogP contribution is 2.26. The van der Waals surface area contributed by atoms with Gasteiger partial charge in [0.2, 0.25) is 5.91 Å². The number of thiazole rings is 1. The molecule has 6 nitrogen and oxygen atoms in total. The maximum atomic E-state index is 13.7. The van der Waals surface area contributed by atoms with Crippen LogP contribution in [0.4, 0.5) is 9.52 Å². The number of nitrogens with two attached hydrogens (primary N) is 1. The predicted molar refractivity (Wildman–Crippen MR) is 95.7 cm³/mol. The summed E-state index contributed by atoms with van der Waals surface area (Å²) >= 11 is 1.14. The van der Waals surface area contributed by atoms with E-state index in [9.17, 15) is 17.6 Å². The van der Waals surface area contributed by atoms with Crippen molar-refractivity contribution in [1.29, 1.82) is 0 Å². The van der Waals surface area contributed by atoms with Crippen LogP contribution in [0.3, 0.4) is 0 Å². The van der Waals surface area contributed by atoms with E-state index in [0.717, 1.165) is 17.6 Å². The molecule has 1 aromatic heterocycles. The summed E-state index contributed by atoms with van der Waals surface area (Å²) in [6.45, 7) is 0. The molecule has 3 N–H and O–H groups in total. The number of halogens is 2. The van der Waals surface area contributed by atoms with Crippen LogP contribution in [0.25, 0.3) is 11.3 Å². The minimum absolute atomic E-state index is 0. The van der Waals surface area contributed by atoms with Crippen molar-refractivity contribution in [1.82, 2.24) is 4.98 Å². The average Bonchev–Trinajstić information content (AvgIpc) is 2.92. The van der Waals surface area contributed by atoms with Crippen molar-refractivity contribution in [2.45, 2.75) is 12.5 Å². The first kappa shape index (κ1) is 20.5. The van der Waals surface area contributed by atoms with Gasteiger partial charge in [-0.2, -0.15) is 0 Å². The number of rotatable bonds is 6. The summed E-state index contributed by atoms with van der Waals surface area (Å²) in [7, 11) is -3.18. The zero-order chi connectivity index (χ0) is 17.0. The van der Waals surface area contributed by atoms with Gasteiger partial charge in [0.25, 0.3) is 0 Å². The van der Waals surface area contributed by atoms with Crippen LogP contribution in [0, 0.1) is 5.82 Å². The van der Waals surface area contributed by atoms with Gasteiger partial charge in [-0.1, -0.05) is 12.1 Å². The fourth-order valence-corrected chi connectivity index (χ4v) is 3.19. The van der Waals surface area contributed by atoms with Crippen molar-refractivity contribution in [3.63, 3.8) is 0 Å². The lowest BCUT2D eigenvalue weighted by atomic mass is 10.2. The Morgan fingerprint density at radius 3 is 2.71 bits per heavy atom. The van der Waals surface area contributed by atoms with Crippen molar-refractivity contribution >= 4 is 44.6 Å². The largest absolute Gasteiger partial charge is 0.320 e. The lowest BCUT2D eigenvalue weighted by molar-refractivity contribution is -0.117. The number of anilines is 1. The van der Waals surface area contributed by atoms with Crippen LogP contribution >= 0.6 is 23.7 Å². The fourth-order valence-electron chi connectivity index (χ4n) is 1.79. The summed E-state index contributed by atoms with van der Waals surface area (Å²) in [5.41, 5.74) is 6.40. The first-order chi connectivity index (χ1) is 10.8. The second-order valence-electron chi connectivity index (χ2n) is 5.03. The van der Waals surface area contributed by atoms with Crippen molar-refractivity contribution in [3.05, 3.63) is 35.5 Å². The summed E-state index contributed by atoms with van der Waals surface area (Å²) < 4.78 is 35.8. The molecule has 0 aliphatic rings. The lowest BCUT2D eigenvalue weighted by Crippen LogP contribution is -2.37. The van der Waals surface area contributed by atoms with E-state index in [0.29, 0.717) is 11.3 Å². The molecule has 0 aliphatic carbocycles. The summed E-state index contributed by atoms with van der Waals surface area (Å²) in [4.78, 5) is 16.0. The molecule has 132 valence electrons. The first-order valence-corrected chi connectivity index (χ1v) is 9.65. The van der Waals surface area contributed by atoms with E-state index in [4.69, 9.17) is 5.73 Å². The Bertz CT molecular complexity index is 811. The quantitative estimate of drug-likeness (QED) is 0.782.